The molecule has 0 spiro atoms. The van der Waals surface area contributed by atoms with Gasteiger partial charge < -0.3 is 9.84 Å². The summed E-state index contributed by atoms with van der Waals surface area (Å²) < 4.78 is 5.28. The fraction of sp³-hybridized carbons (Fsp3) is 0.333. The summed E-state index contributed by atoms with van der Waals surface area (Å²) in [5.41, 5.74) is 2.52. The van der Waals surface area contributed by atoms with Gasteiger partial charge >= 0.3 is 0 Å². The van der Waals surface area contributed by atoms with Crippen molar-refractivity contribution in [1.82, 2.24) is 25.7 Å². The van der Waals surface area contributed by atoms with Gasteiger partial charge in [0.25, 0.3) is 0 Å². The van der Waals surface area contributed by atoms with Crippen molar-refractivity contribution in [3.63, 3.8) is 0 Å². The maximum absolute atomic E-state index is 12.5. The zero-order valence-corrected chi connectivity index (χ0v) is 14.3. The van der Waals surface area contributed by atoms with Crippen LogP contribution in [-0.2, 0) is 17.6 Å². The van der Waals surface area contributed by atoms with Crippen molar-refractivity contribution in [1.29, 1.82) is 0 Å². The Labute approximate surface area is 145 Å². The highest BCUT2D eigenvalue weighted by atomic mass is 16.5. The maximum atomic E-state index is 12.5. The van der Waals surface area contributed by atoms with Crippen molar-refractivity contribution in [2.24, 2.45) is 0 Å². The monoisotopic (exact) mass is 339 g/mol. The molecule has 0 aliphatic carbocycles. The molecule has 3 rings (SSSR count). The largest absolute Gasteiger partial charge is 0.342 e. The van der Waals surface area contributed by atoms with Gasteiger partial charge in [0, 0.05) is 12.1 Å². The van der Waals surface area contributed by atoms with Crippen LogP contribution < -0.4 is 5.32 Å². The van der Waals surface area contributed by atoms with Crippen molar-refractivity contribution in [2.45, 2.75) is 39.2 Å². The predicted molar refractivity (Wildman–Crippen MR) is 91.7 cm³/mol. The second-order valence-electron chi connectivity index (χ2n) is 5.93. The van der Waals surface area contributed by atoms with Gasteiger partial charge in [-0.2, -0.15) is 10.1 Å². The molecule has 0 saturated carbocycles. The van der Waals surface area contributed by atoms with E-state index in [-0.39, 0.29) is 12.3 Å². The van der Waals surface area contributed by atoms with Crippen LogP contribution in [0.1, 0.15) is 48.1 Å². The number of aryl methyl sites for hydroxylation is 2. The van der Waals surface area contributed by atoms with Crippen LogP contribution in [0.2, 0.25) is 0 Å². The first-order chi connectivity index (χ1) is 12.2. The van der Waals surface area contributed by atoms with Crippen LogP contribution in [0.4, 0.5) is 0 Å². The number of carbonyl (C=O) groups excluding carboxylic acids is 1. The molecule has 0 aliphatic rings. The summed E-state index contributed by atoms with van der Waals surface area (Å²) in [4.78, 5) is 16.9. The highest BCUT2D eigenvalue weighted by Gasteiger charge is 2.22. The zero-order valence-electron chi connectivity index (χ0n) is 14.3. The lowest BCUT2D eigenvalue weighted by Crippen LogP contribution is -2.31. The second kappa shape index (κ2) is 7.74. The topological polar surface area (TPSA) is 96.7 Å². The molecule has 7 heteroatoms. The number of hydrogen-bond acceptors (Lipinski definition) is 5. The number of aromatic amines is 1. The summed E-state index contributed by atoms with van der Waals surface area (Å²) in [5.74, 6) is 0.888. The van der Waals surface area contributed by atoms with Gasteiger partial charge in [-0.05, 0) is 25.0 Å². The van der Waals surface area contributed by atoms with Crippen LogP contribution in [0.3, 0.4) is 0 Å². The molecular formula is C18H21N5O2. The van der Waals surface area contributed by atoms with E-state index in [0.717, 1.165) is 24.1 Å². The molecule has 0 fully saturated rings. The Morgan fingerprint density at radius 2 is 2.12 bits per heavy atom. The van der Waals surface area contributed by atoms with Crippen molar-refractivity contribution < 1.29 is 9.32 Å². The van der Waals surface area contributed by atoms with Gasteiger partial charge in [-0.25, -0.2) is 0 Å². The molecule has 25 heavy (non-hydrogen) atoms. The Hall–Kier alpha value is -2.96. The average Bonchev–Trinajstić information content (AvgIpc) is 3.23. The molecule has 0 aliphatic heterocycles. The number of hydrogen-bond donors (Lipinski definition) is 2. The first-order valence-corrected chi connectivity index (χ1v) is 8.33. The van der Waals surface area contributed by atoms with E-state index in [4.69, 9.17) is 4.52 Å². The Balaban J connectivity index is 1.79. The number of nitrogens with one attached hydrogen (secondary N) is 2. The van der Waals surface area contributed by atoms with Crippen LogP contribution in [0.25, 0.3) is 0 Å². The lowest BCUT2D eigenvalue weighted by Gasteiger charge is -2.15. The van der Waals surface area contributed by atoms with E-state index in [1.807, 2.05) is 50.2 Å². The van der Waals surface area contributed by atoms with E-state index < -0.39 is 6.04 Å². The molecule has 0 saturated heterocycles. The first-order valence-electron chi connectivity index (χ1n) is 8.33. The van der Waals surface area contributed by atoms with E-state index in [1.165, 1.54) is 0 Å². The molecule has 2 N–H and O–H groups in total. The van der Waals surface area contributed by atoms with E-state index in [2.05, 4.69) is 25.7 Å². The third-order valence-corrected chi connectivity index (χ3v) is 3.74. The van der Waals surface area contributed by atoms with Crippen molar-refractivity contribution >= 4 is 5.91 Å². The summed E-state index contributed by atoms with van der Waals surface area (Å²) in [7, 11) is 0. The SMILES string of the molecule is CCCc1nc([C@@H](NC(=O)Cc2cc(C)[nH]n2)c2ccccc2)no1. The molecule has 1 atom stereocenters. The summed E-state index contributed by atoms with van der Waals surface area (Å²) >= 11 is 0. The molecule has 0 bridgehead atoms. The smallest absolute Gasteiger partial charge is 0.226 e. The third kappa shape index (κ3) is 4.32. The fourth-order valence-corrected chi connectivity index (χ4v) is 2.58. The van der Waals surface area contributed by atoms with Crippen molar-refractivity contribution in [3.8, 4) is 0 Å². The van der Waals surface area contributed by atoms with Gasteiger partial charge in [0.1, 0.15) is 6.04 Å². The minimum atomic E-state index is -0.455. The number of rotatable bonds is 7. The first kappa shape index (κ1) is 16.9. The Morgan fingerprint density at radius 1 is 1.32 bits per heavy atom. The number of nitrogens with zero attached hydrogens (tertiary/aromatic N) is 3. The standard InChI is InChI=1S/C18H21N5O2/c1-3-7-16-20-18(23-25-16)17(13-8-5-4-6-9-13)19-15(24)11-14-10-12(2)21-22-14/h4-6,8-10,17H,3,7,11H2,1-2H3,(H,19,24)(H,21,22)/t17-/m0/s1. The van der Waals surface area contributed by atoms with Gasteiger partial charge in [-0.15, -0.1) is 0 Å². The number of amides is 1. The molecule has 1 amide bonds. The summed E-state index contributed by atoms with van der Waals surface area (Å²) in [6.07, 6.45) is 1.82. The predicted octanol–water partition coefficient (Wildman–Crippen LogP) is 2.50. The van der Waals surface area contributed by atoms with Crippen LogP contribution in [-0.4, -0.2) is 26.2 Å². The Kier molecular flexibility index (Phi) is 5.23. The highest BCUT2D eigenvalue weighted by Crippen LogP contribution is 2.20. The lowest BCUT2D eigenvalue weighted by atomic mass is 10.1. The van der Waals surface area contributed by atoms with Crippen molar-refractivity contribution in [2.75, 3.05) is 0 Å². The fourth-order valence-electron chi connectivity index (χ4n) is 2.58. The zero-order chi connectivity index (χ0) is 17.6. The van der Waals surface area contributed by atoms with E-state index >= 15 is 0 Å². The molecule has 130 valence electrons. The second-order valence-corrected chi connectivity index (χ2v) is 5.93. The minimum Gasteiger partial charge on any atom is -0.342 e. The van der Waals surface area contributed by atoms with Crippen LogP contribution in [0.5, 0.6) is 0 Å². The number of H-pyrrole nitrogens is 1. The molecule has 3 aromatic rings. The van der Waals surface area contributed by atoms with Crippen LogP contribution in [0.15, 0.2) is 40.9 Å². The molecule has 7 nitrogen and oxygen atoms in total. The lowest BCUT2D eigenvalue weighted by molar-refractivity contribution is -0.121. The Bertz CT molecular complexity index is 825. The molecular weight excluding hydrogens is 318 g/mol. The number of aromatic nitrogens is 4. The molecule has 0 radical (unpaired) electrons. The third-order valence-electron chi connectivity index (χ3n) is 3.74. The van der Waals surface area contributed by atoms with Gasteiger partial charge in [-0.3, -0.25) is 9.89 Å². The Morgan fingerprint density at radius 3 is 2.80 bits per heavy atom. The summed E-state index contributed by atoms with van der Waals surface area (Å²) in [5, 5.41) is 14.0. The van der Waals surface area contributed by atoms with Gasteiger partial charge in [-0.1, -0.05) is 42.4 Å². The maximum Gasteiger partial charge on any atom is 0.226 e. The van der Waals surface area contributed by atoms with E-state index in [9.17, 15) is 4.79 Å². The summed E-state index contributed by atoms with van der Waals surface area (Å²) in [6.45, 7) is 3.95. The highest BCUT2D eigenvalue weighted by molar-refractivity contribution is 5.79. The normalized spacial score (nSPS) is 12.1. The molecule has 2 aromatic heterocycles. The van der Waals surface area contributed by atoms with E-state index in [1.54, 1.807) is 0 Å². The molecule has 1 aromatic carbocycles. The quantitative estimate of drug-likeness (QED) is 0.689. The molecule has 2 heterocycles. The van der Waals surface area contributed by atoms with Crippen molar-refractivity contribution in [3.05, 3.63) is 65.1 Å². The number of benzene rings is 1. The molecule has 0 unspecified atom stereocenters. The van der Waals surface area contributed by atoms with Gasteiger partial charge in [0.15, 0.2) is 5.82 Å². The minimum absolute atomic E-state index is 0.151. The average molecular weight is 339 g/mol. The van der Waals surface area contributed by atoms with Gasteiger partial charge in [0.2, 0.25) is 11.8 Å². The van der Waals surface area contributed by atoms with Crippen LogP contribution in [0, 0.1) is 6.92 Å². The summed E-state index contributed by atoms with van der Waals surface area (Å²) in [6, 6.07) is 11.0. The number of carbonyl (C=O) groups is 1. The van der Waals surface area contributed by atoms with E-state index in [0.29, 0.717) is 17.4 Å². The van der Waals surface area contributed by atoms with Gasteiger partial charge in [0.05, 0.1) is 12.1 Å². The van der Waals surface area contributed by atoms with Crippen LogP contribution >= 0.6 is 0 Å².